The van der Waals surface area contributed by atoms with Gasteiger partial charge >= 0.3 is 0 Å². The molecule has 0 aliphatic heterocycles. The lowest BCUT2D eigenvalue weighted by Gasteiger charge is -2.34. The van der Waals surface area contributed by atoms with Gasteiger partial charge in [0.05, 0.1) is 11.9 Å². The van der Waals surface area contributed by atoms with Crippen LogP contribution in [0.3, 0.4) is 0 Å². The van der Waals surface area contributed by atoms with E-state index in [-0.39, 0.29) is 31.0 Å². The van der Waals surface area contributed by atoms with Gasteiger partial charge in [-0.2, -0.15) is 0 Å². The first-order valence-electron chi connectivity index (χ1n) is 12.6. The van der Waals surface area contributed by atoms with E-state index in [1.54, 1.807) is 12.1 Å². The Morgan fingerprint density at radius 1 is 0.944 bits per heavy atom. The minimum atomic E-state index is -3.77. The van der Waals surface area contributed by atoms with E-state index >= 15 is 0 Å². The molecule has 2 atom stereocenters. The van der Waals surface area contributed by atoms with Crippen LogP contribution in [0.1, 0.15) is 70.1 Å². The number of hydrogen-bond acceptors (Lipinski definition) is 4. The van der Waals surface area contributed by atoms with Gasteiger partial charge in [0.2, 0.25) is 21.8 Å². The fourth-order valence-electron chi connectivity index (χ4n) is 4.05. The first kappa shape index (κ1) is 29.4. The van der Waals surface area contributed by atoms with Crippen LogP contribution in [0.4, 0.5) is 5.69 Å². The van der Waals surface area contributed by atoms with E-state index in [1.807, 2.05) is 77.9 Å². The zero-order chi connectivity index (χ0) is 27.0. The molecular weight excluding hydrogens is 474 g/mol. The monoisotopic (exact) mass is 515 g/mol. The van der Waals surface area contributed by atoms with E-state index in [0.29, 0.717) is 12.1 Å². The molecule has 2 aromatic rings. The average molecular weight is 516 g/mol. The van der Waals surface area contributed by atoms with Crippen molar-refractivity contribution < 1.29 is 18.0 Å². The summed E-state index contributed by atoms with van der Waals surface area (Å²) in [7, 11) is -3.77. The zero-order valence-electron chi connectivity index (χ0n) is 22.6. The Kier molecular flexibility index (Phi) is 10.5. The summed E-state index contributed by atoms with van der Waals surface area (Å²) in [6, 6.07) is 14.2. The lowest BCUT2D eigenvalue weighted by Crippen LogP contribution is -2.53. The van der Waals surface area contributed by atoms with Crippen LogP contribution in [0, 0.1) is 6.92 Å². The molecule has 0 fully saturated rings. The molecule has 0 bridgehead atoms. The van der Waals surface area contributed by atoms with Crippen LogP contribution < -0.4 is 9.62 Å². The smallest absolute Gasteiger partial charge is 0.244 e. The van der Waals surface area contributed by atoms with Crippen LogP contribution in [0.25, 0.3) is 0 Å². The largest absolute Gasteiger partial charge is 0.352 e. The summed E-state index contributed by atoms with van der Waals surface area (Å²) in [5.41, 5.74) is 3.28. The Labute approximate surface area is 216 Å². The molecular formula is C28H41N3O4S. The number of amides is 2. The van der Waals surface area contributed by atoms with Crippen molar-refractivity contribution in [1.82, 2.24) is 10.2 Å². The van der Waals surface area contributed by atoms with Gasteiger partial charge in [-0.3, -0.25) is 13.9 Å². The number of aryl methyl sites for hydroxylation is 1. The second-order valence-electron chi connectivity index (χ2n) is 9.73. The molecule has 8 heteroatoms. The summed E-state index contributed by atoms with van der Waals surface area (Å²) in [6.07, 6.45) is 2.28. The summed E-state index contributed by atoms with van der Waals surface area (Å²) in [4.78, 5) is 28.5. The van der Waals surface area contributed by atoms with E-state index in [1.165, 1.54) is 4.90 Å². The van der Waals surface area contributed by atoms with Gasteiger partial charge in [-0.15, -0.1) is 0 Å². The molecule has 0 heterocycles. The molecule has 1 N–H and O–H groups in total. The van der Waals surface area contributed by atoms with Gasteiger partial charge in [-0.25, -0.2) is 8.42 Å². The molecule has 0 aliphatic carbocycles. The Balaban J connectivity index is 2.49. The van der Waals surface area contributed by atoms with Crippen molar-refractivity contribution in [3.63, 3.8) is 0 Å². The standard InChI is InChI=1S/C28H41N3O4S/c1-8-22(6)29-28(33)25(9-2)30(18-23-16-14-21(5)15-17-23)27(32)19-31(36(7,34)35)26-13-11-10-12-24(26)20(3)4/h10-17,20,22,25H,8-9,18-19H2,1-7H3,(H,29,33). The molecule has 2 aromatic carbocycles. The number of anilines is 1. The number of para-hydroxylation sites is 1. The third kappa shape index (κ3) is 7.82. The van der Waals surface area contributed by atoms with Crippen molar-refractivity contribution in [2.24, 2.45) is 0 Å². The lowest BCUT2D eigenvalue weighted by molar-refractivity contribution is -0.140. The molecule has 2 unspecified atom stereocenters. The number of rotatable bonds is 12. The number of benzene rings is 2. The summed E-state index contributed by atoms with van der Waals surface area (Å²) in [5.74, 6) is -0.597. The highest BCUT2D eigenvalue weighted by molar-refractivity contribution is 7.92. The van der Waals surface area contributed by atoms with E-state index < -0.39 is 22.0 Å². The van der Waals surface area contributed by atoms with Crippen LogP contribution >= 0.6 is 0 Å². The van der Waals surface area contributed by atoms with Crippen LogP contribution in [-0.2, 0) is 26.2 Å². The molecule has 36 heavy (non-hydrogen) atoms. The summed E-state index contributed by atoms with van der Waals surface area (Å²) in [6.45, 7) is 11.5. The van der Waals surface area contributed by atoms with E-state index in [4.69, 9.17) is 0 Å². The van der Waals surface area contributed by atoms with Crippen LogP contribution in [0.2, 0.25) is 0 Å². The number of nitrogens with one attached hydrogen (secondary N) is 1. The minimum Gasteiger partial charge on any atom is -0.352 e. The summed E-state index contributed by atoms with van der Waals surface area (Å²) >= 11 is 0. The quantitative estimate of drug-likeness (QED) is 0.447. The number of carbonyl (C=O) groups excluding carboxylic acids is 2. The van der Waals surface area contributed by atoms with Gasteiger partial charge in [-0.1, -0.05) is 75.7 Å². The van der Waals surface area contributed by atoms with Gasteiger partial charge in [0, 0.05) is 12.6 Å². The molecule has 2 amide bonds. The van der Waals surface area contributed by atoms with Gasteiger partial charge in [0.1, 0.15) is 12.6 Å². The Morgan fingerprint density at radius 2 is 1.56 bits per heavy atom. The Bertz CT molecular complexity index is 1130. The molecule has 0 aromatic heterocycles. The zero-order valence-corrected chi connectivity index (χ0v) is 23.4. The maximum absolute atomic E-state index is 13.8. The third-order valence-electron chi connectivity index (χ3n) is 6.37. The fraction of sp³-hybridized carbons (Fsp3) is 0.500. The lowest BCUT2D eigenvalue weighted by atomic mass is 10.0. The van der Waals surface area contributed by atoms with Gasteiger partial charge in [0.15, 0.2) is 0 Å². The first-order valence-corrected chi connectivity index (χ1v) is 14.5. The van der Waals surface area contributed by atoms with E-state index in [2.05, 4.69) is 5.32 Å². The topological polar surface area (TPSA) is 86.8 Å². The molecule has 0 saturated carbocycles. The van der Waals surface area contributed by atoms with Crippen LogP contribution in [0.15, 0.2) is 48.5 Å². The van der Waals surface area contributed by atoms with Crippen molar-refractivity contribution in [2.75, 3.05) is 17.1 Å². The molecule has 0 aliphatic rings. The Hall–Kier alpha value is -2.87. The average Bonchev–Trinajstić information content (AvgIpc) is 2.82. The maximum Gasteiger partial charge on any atom is 0.244 e. The number of hydrogen-bond donors (Lipinski definition) is 1. The second-order valence-corrected chi connectivity index (χ2v) is 11.6. The normalized spacial score (nSPS) is 13.2. The van der Waals surface area contributed by atoms with Crippen molar-refractivity contribution in [1.29, 1.82) is 0 Å². The predicted molar refractivity (Wildman–Crippen MR) is 146 cm³/mol. The molecule has 0 radical (unpaired) electrons. The van der Waals surface area contributed by atoms with E-state index in [0.717, 1.165) is 33.7 Å². The number of sulfonamides is 1. The number of carbonyl (C=O) groups is 2. The fourth-order valence-corrected chi connectivity index (χ4v) is 4.92. The summed E-state index contributed by atoms with van der Waals surface area (Å²) in [5, 5.41) is 2.99. The molecule has 7 nitrogen and oxygen atoms in total. The molecule has 0 spiro atoms. The van der Waals surface area contributed by atoms with Crippen molar-refractivity contribution in [2.45, 2.75) is 78.9 Å². The third-order valence-corrected chi connectivity index (χ3v) is 7.49. The van der Waals surface area contributed by atoms with Crippen molar-refractivity contribution >= 4 is 27.5 Å². The van der Waals surface area contributed by atoms with Crippen LogP contribution in [-0.4, -0.2) is 50.0 Å². The highest BCUT2D eigenvalue weighted by Crippen LogP contribution is 2.29. The van der Waals surface area contributed by atoms with Gasteiger partial charge < -0.3 is 10.2 Å². The highest BCUT2D eigenvalue weighted by atomic mass is 32.2. The summed E-state index contributed by atoms with van der Waals surface area (Å²) < 4.78 is 26.9. The Morgan fingerprint density at radius 3 is 2.08 bits per heavy atom. The van der Waals surface area contributed by atoms with Gasteiger partial charge in [0.25, 0.3) is 0 Å². The first-order chi connectivity index (χ1) is 16.9. The SMILES string of the molecule is CCC(C)NC(=O)C(CC)N(Cc1ccc(C)cc1)C(=O)CN(c1ccccc1C(C)C)S(C)(=O)=O. The second kappa shape index (κ2) is 12.9. The van der Waals surface area contributed by atoms with Crippen LogP contribution in [0.5, 0.6) is 0 Å². The highest BCUT2D eigenvalue weighted by Gasteiger charge is 2.32. The molecule has 0 saturated heterocycles. The number of nitrogens with zero attached hydrogens (tertiary/aromatic N) is 2. The minimum absolute atomic E-state index is 0.0340. The van der Waals surface area contributed by atoms with E-state index in [9.17, 15) is 18.0 Å². The molecule has 198 valence electrons. The predicted octanol–water partition coefficient (Wildman–Crippen LogP) is 4.61. The van der Waals surface area contributed by atoms with Gasteiger partial charge in [-0.05, 0) is 49.8 Å². The van der Waals surface area contributed by atoms with Crippen molar-refractivity contribution in [3.05, 3.63) is 65.2 Å². The maximum atomic E-state index is 13.8. The van der Waals surface area contributed by atoms with Crippen molar-refractivity contribution in [3.8, 4) is 0 Å². The molecule has 2 rings (SSSR count).